The fourth-order valence-electron chi connectivity index (χ4n) is 2.92. The molecule has 0 saturated heterocycles. The predicted octanol–water partition coefficient (Wildman–Crippen LogP) is 1.19. The highest BCUT2D eigenvalue weighted by Gasteiger charge is 2.20. The highest BCUT2D eigenvalue weighted by molar-refractivity contribution is 6.06. The molecule has 3 aromatic rings. The van der Waals surface area contributed by atoms with Gasteiger partial charge in [0, 0.05) is 11.6 Å². The lowest BCUT2D eigenvalue weighted by atomic mass is 10.0. The molecule has 1 aromatic heterocycles. The summed E-state index contributed by atoms with van der Waals surface area (Å²) in [7, 11) is 1.60. The Balaban J connectivity index is 2.21. The van der Waals surface area contributed by atoms with E-state index in [1.54, 1.807) is 19.2 Å². The number of H-pyrrole nitrogens is 1. The molecule has 0 radical (unpaired) electrons. The molecule has 0 bridgehead atoms. The number of carbonyl (C=O) groups is 1. The second kappa shape index (κ2) is 8.03. The molecule has 27 heavy (non-hydrogen) atoms. The van der Waals surface area contributed by atoms with Gasteiger partial charge in [-0.25, -0.2) is 4.98 Å². The summed E-state index contributed by atoms with van der Waals surface area (Å²) in [6.07, 6.45) is 0. The van der Waals surface area contributed by atoms with Crippen molar-refractivity contribution in [1.82, 2.24) is 0 Å². The third-order valence-electron chi connectivity index (χ3n) is 4.37. The van der Waals surface area contributed by atoms with Crippen molar-refractivity contribution >= 4 is 22.5 Å². The van der Waals surface area contributed by atoms with Gasteiger partial charge in [0.15, 0.2) is 0 Å². The molecule has 0 fully saturated rings. The maximum atomic E-state index is 11.9. The van der Waals surface area contributed by atoms with E-state index in [-0.39, 0.29) is 13.2 Å². The molecule has 0 aliphatic heterocycles. The fraction of sp³-hybridized carbons (Fsp3) is 0.200. The second-order valence-corrected chi connectivity index (χ2v) is 6.12. The highest BCUT2D eigenvalue weighted by Crippen LogP contribution is 2.28. The lowest BCUT2D eigenvalue weighted by Crippen LogP contribution is -2.28. The number of methoxy groups -OCH3 is 1. The second-order valence-electron chi connectivity index (χ2n) is 6.12. The van der Waals surface area contributed by atoms with Gasteiger partial charge in [0.25, 0.3) is 5.91 Å². The first-order valence-electron chi connectivity index (χ1n) is 8.49. The summed E-state index contributed by atoms with van der Waals surface area (Å²) in [6, 6.07) is 14.0. The molecule has 0 spiro atoms. The molecule has 140 valence electrons. The Morgan fingerprint density at radius 3 is 2.48 bits per heavy atom. The maximum Gasteiger partial charge on any atom is 0.255 e. The van der Waals surface area contributed by atoms with Crippen LogP contribution in [0.25, 0.3) is 22.2 Å². The first kappa shape index (κ1) is 18.6. The summed E-state index contributed by atoms with van der Waals surface area (Å²) in [5, 5.41) is 22.7. The number of aromatic nitrogens is 1. The van der Waals surface area contributed by atoms with Gasteiger partial charge in [-0.2, -0.15) is 0 Å². The zero-order valence-corrected chi connectivity index (χ0v) is 14.9. The molecule has 0 aliphatic carbocycles. The molecular formula is C20H22N3O4+. The van der Waals surface area contributed by atoms with Crippen LogP contribution in [0.2, 0.25) is 0 Å². The van der Waals surface area contributed by atoms with Crippen molar-refractivity contribution in [2.45, 2.75) is 6.04 Å². The number of aromatic amines is 1. The number of fused-ring (bicyclic) bond motifs is 1. The lowest BCUT2D eigenvalue weighted by Gasteiger charge is -2.16. The number of aliphatic hydroxyl groups is 2. The van der Waals surface area contributed by atoms with Gasteiger partial charge in [0.1, 0.15) is 11.3 Å². The number of primary amides is 1. The molecule has 3 rings (SSSR count). The van der Waals surface area contributed by atoms with Crippen molar-refractivity contribution in [2.24, 2.45) is 5.73 Å². The Labute approximate surface area is 156 Å². The average Bonchev–Trinajstić information content (AvgIpc) is 2.71. The van der Waals surface area contributed by atoms with Crippen LogP contribution in [-0.4, -0.2) is 42.5 Å². The van der Waals surface area contributed by atoms with Crippen molar-refractivity contribution in [3.8, 4) is 17.0 Å². The minimum absolute atomic E-state index is 0.232. The predicted molar refractivity (Wildman–Crippen MR) is 103 cm³/mol. The van der Waals surface area contributed by atoms with Crippen LogP contribution in [0.1, 0.15) is 10.4 Å². The molecule has 0 saturated carbocycles. The van der Waals surface area contributed by atoms with Gasteiger partial charge in [0.2, 0.25) is 11.2 Å². The van der Waals surface area contributed by atoms with Crippen LogP contribution in [0.4, 0.5) is 5.69 Å². The van der Waals surface area contributed by atoms with E-state index in [9.17, 15) is 15.0 Å². The van der Waals surface area contributed by atoms with E-state index in [2.05, 4.69) is 10.3 Å². The quantitative estimate of drug-likeness (QED) is 0.500. The first-order chi connectivity index (χ1) is 13.1. The van der Waals surface area contributed by atoms with Crippen molar-refractivity contribution in [1.29, 1.82) is 0 Å². The van der Waals surface area contributed by atoms with Crippen LogP contribution in [0.15, 0.2) is 48.5 Å². The number of nitrogens with one attached hydrogen (secondary N) is 2. The van der Waals surface area contributed by atoms with Crippen molar-refractivity contribution in [3.05, 3.63) is 54.1 Å². The summed E-state index contributed by atoms with van der Waals surface area (Å²) in [6.45, 7) is -0.464. The Bertz CT molecular complexity index is 953. The third-order valence-corrected chi connectivity index (χ3v) is 4.37. The van der Waals surface area contributed by atoms with Gasteiger partial charge in [0.05, 0.1) is 37.4 Å². The topological polar surface area (TPSA) is 119 Å². The minimum Gasteiger partial charge on any atom is -0.497 e. The molecule has 7 heteroatoms. The van der Waals surface area contributed by atoms with E-state index >= 15 is 0 Å². The van der Waals surface area contributed by atoms with E-state index < -0.39 is 11.9 Å². The molecule has 0 atom stereocenters. The average molecular weight is 368 g/mol. The zero-order valence-electron chi connectivity index (χ0n) is 14.9. The summed E-state index contributed by atoms with van der Waals surface area (Å²) >= 11 is 0. The van der Waals surface area contributed by atoms with Gasteiger partial charge >= 0.3 is 0 Å². The van der Waals surface area contributed by atoms with Crippen molar-refractivity contribution in [2.75, 3.05) is 25.6 Å². The number of hydrogen-bond acceptors (Lipinski definition) is 5. The highest BCUT2D eigenvalue weighted by atomic mass is 16.5. The normalized spacial score (nSPS) is 11.0. The molecule has 2 aromatic carbocycles. The summed E-state index contributed by atoms with van der Waals surface area (Å²) in [4.78, 5) is 15.2. The Morgan fingerprint density at radius 1 is 1.19 bits per heavy atom. The molecule has 6 N–H and O–H groups in total. The Kier molecular flexibility index (Phi) is 5.54. The molecule has 1 amide bonds. The van der Waals surface area contributed by atoms with Gasteiger partial charge in [-0.1, -0.05) is 6.07 Å². The number of carbonyl (C=O) groups excluding carboxylic acids is 1. The largest absolute Gasteiger partial charge is 0.497 e. The van der Waals surface area contributed by atoms with E-state index in [0.29, 0.717) is 16.8 Å². The number of aliphatic hydroxyl groups excluding tert-OH is 2. The first-order valence-corrected chi connectivity index (χ1v) is 8.49. The number of hydrogen-bond donors (Lipinski definition) is 4. The Morgan fingerprint density at radius 2 is 1.89 bits per heavy atom. The summed E-state index contributed by atoms with van der Waals surface area (Å²) in [5.41, 5.74) is 8.77. The van der Waals surface area contributed by atoms with Crippen LogP contribution in [0.5, 0.6) is 5.75 Å². The lowest BCUT2D eigenvalue weighted by molar-refractivity contribution is -0.331. The van der Waals surface area contributed by atoms with Gasteiger partial charge in [-0.05, 0) is 36.4 Å². The molecule has 1 heterocycles. The summed E-state index contributed by atoms with van der Waals surface area (Å²) in [5.74, 6) is 0.187. The fourth-order valence-corrected chi connectivity index (χ4v) is 2.92. The third kappa shape index (κ3) is 3.84. The molecular weight excluding hydrogens is 346 g/mol. The van der Waals surface area contributed by atoms with E-state index in [0.717, 1.165) is 22.4 Å². The monoisotopic (exact) mass is 368 g/mol. The van der Waals surface area contributed by atoms with Crippen LogP contribution in [0.3, 0.4) is 0 Å². The number of rotatable bonds is 7. The van der Waals surface area contributed by atoms with Gasteiger partial charge in [-0.3, -0.25) is 4.79 Å². The molecule has 0 unspecified atom stereocenters. The summed E-state index contributed by atoms with van der Waals surface area (Å²) < 4.78 is 5.19. The number of para-hydroxylation sites is 1. The number of nitrogens with two attached hydrogens (primary N) is 1. The van der Waals surface area contributed by atoms with Crippen LogP contribution < -0.4 is 20.8 Å². The maximum absolute atomic E-state index is 11.9. The van der Waals surface area contributed by atoms with E-state index in [1.807, 2.05) is 36.4 Å². The number of pyridine rings is 1. The van der Waals surface area contributed by atoms with Gasteiger partial charge < -0.3 is 26.0 Å². The van der Waals surface area contributed by atoms with E-state index in [1.165, 1.54) is 0 Å². The zero-order chi connectivity index (χ0) is 19.4. The number of benzene rings is 2. The number of amides is 1. The van der Waals surface area contributed by atoms with E-state index in [4.69, 9.17) is 10.5 Å². The number of ether oxygens (including phenoxy) is 1. The Hall–Kier alpha value is -3.16. The SMILES string of the molecule is COc1ccc(-c2cc(NC(CO)CO)c3cccc(C(N)=O)c3[nH+]2)cc1. The van der Waals surface area contributed by atoms with Crippen LogP contribution in [-0.2, 0) is 0 Å². The molecule has 7 nitrogen and oxygen atoms in total. The van der Waals surface area contributed by atoms with Crippen molar-refractivity contribution < 1.29 is 24.7 Å². The standard InChI is InChI=1S/C20H21N3O4/c1-27-14-7-5-12(6-8-14)17-9-18(22-13(10-24)11-25)15-3-2-4-16(20(21)26)19(15)23-17/h2-9,13,24-25H,10-11H2,1H3,(H2,21,26)(H,22,23)/p+1. The molecule has 0 aliphatic rings. The minimum atomic E-state index is -0.546. The van der Waals surface area contributed by atoms with Gasteiger partial charge in [-0.15, -0.1) is 0 Å². The van der Waals surface area contributed by atoms with Crippen LogP contribution in [0, 0.1) is 0 Å². The van der Waals surface area contributed by atoms with Crippen molar-refractivity contribution in [3.63, 3.8) is 0 Å². The van der Waals surface area contributed by atoms with Crippen LogP contribution >= 0.6 is 0 Å². The smallest absolute Gasteiger partial charge is 0.255 e. The number of anilines is 1.